The van der Waals surface area contributed by atoms with Gasteiger partial charge in [0.05, 0.1) is 11.0 Å². The average Bonchev–Trinajstić information content (AvgIpc) is 3.30. The van der Waals surface area contributed by atoms with Gasteiger partial charge < -0.3 is 4.57 Å². The number of fused-ring (bicyclic) bond motifs is 3. The summed E-state index contributed by atoms with van der Waals surface area (Å²) < 4.78 is 3.44. The van der Waals surface area contributed by atoms with Crippen LogP contribution in [0.1, 0.15) is 19.4 Å². The van der Waals surface area contributed by atoms with Crippen molar-refractivity contribution in [3.05, 3.63) is 144 Å². The van der Waals surface area contributed by atoms with Crippen molar-refractivity contribution in [3.63, 3.8) is 0 Å². The van der Waals surface area contributed by atoms with Crippen LogP contribution in [-0.4, -0.2) is 4.57 Å². The van der Waals surface area contributed by atoms with Gasteiger partial charge in [-0.3, -0.25) is 0 Å². The molecule has 1 aromatic heterocycles. The molecular weight excluding hydrogens is 526 g/mol. The molecule has 0 unspecified atom stereocenters. The minimum atomic E-state index is 1.08. The van der Waals surface area contributed by atoms with Gasteiger partial charge in [-0.1, -0.05) is 94.8 Å². The molecule has 2 heteroatoms. The van der Waals surface area contributed by atoms with Crippen LogP contribution in [0.3, 0.4) is 0 Å². The van der Waals surface area contributed by atoms with Crippen LogP contribution in [0, 0.1) is 0 Å². The van der Waals surface area contributed by atoms with Gasteiger partial charge in [0.1, 0.15) is 0 Å². The number of hydrogen-bond acceptors (Lipinski definition) is 0. The summed E-state index contributed by atoms with van der Waals surface area (Å²) >= 11 is 3.74. The predicted molar refractivity (Wildman–Crippen MR) is 168 cm³/mol. The molecule has 0 aliphatic carbocycles. The largest absolute Gasteiger partial charge is 0.309 e. The number of allylic oxidation sites excluding steroid dienone is 4. The van der Waals surface area contributed by atoms with E-state index in [4.69, 9.17) is 0 Å². The minimum absolute atomic E-state index is 1.08. The van der Waals surface area contributed by atoms with Crippen molar-refractivity contribution >= 4 is 43.3 Å². The highest BCUT2D eigenvalue weighted by Crippen LogP contribution is 2.36. The summed E-state index contributed by atoms with van der Waals surface area (Å²) in [5.41, 5.74) is 10.9. The maximum atomic E-state index is 3.74. The molecule has 0 bridgehead atoms. The topological polar surface area (TPSA) is 4.93 Å². The van der Waals surface area contributed by atoms with Gasteiger partial charge in [0.15, 0.2) is 0 Å². The zero-order chi connectivity index (χ0) is 26.1. The SMILES string of the molecule is C/C=C\C(=C/C)c1cc(Br)cc(-c2cccc(-c3ccc4c(c3)c3ccccc3n4-c3ccccc3)c2)c1. The number of hydrogen-bond donors (Lipinski definition) is 0. The summed E-state index contributed by atoms with van der Waals surface area (Å²) in [6, 6.07) is 41.6. The monoisotopic (exact) mass is 553 g/mol. The molecule has 0 N–H and O–H groups in total. The van der Waals surface area contributed by atoms with Crippen molar-refractivity contribution in [1.29, 1.82) is 0 Å². The Morgan fingerprint density at radius 2 is 1.32 bits per heavy atom. The van der Waals surface area contributed by atoms with E-state index in [1.54, 1.807) is 0 Å². The van der Waals surface area contributed by atoms with Crippen molar-refractivity contribution in [2.45, 2.75) is 13.8 Å². The van der Waals surface area contributed by atoms with Crippen LogP contribution in [0.2, 0.25) is 0 Å². The molecule has 0 saturated carbocycles. The molecule has 0 amide bonds. The Kier molecular flexibility index (Phi) is 6.57. The fourth-order valence-electron chi connectivity index (χ4n) is 5.35. The first-order chi connectivity index (χ1) is 18.7. The van der Waals surface area contributed by atoms with Crippen molar-refractivity contribution in [1.82, 2.24) is 4.57 Å². The maximum Gasteiger partial charge on any atom is 0.0541 e. The third kappa shape index (κ3) is 4.42. The first kappa shape index (κ1) is 24.2. The van der Waals surface area contributed by atoms with Crippen LogP contribution in [0.5, 0.6) is 0 Å². The number of halogens is 1. The summed E-state index contributed by atoms with van der Waals surface area (Å²) in [7, 11) is 0. The highest BCUT2D eigenvalue weighted by Gasteiger charge is 2.13. The summed E-state index contributed by atoms with van der Waals surface area (Å²) in [5, 5.41) is 2.53. The van der Waals surface area contributed by atoms with Crippen LogP contribution in [0.4, 0.5) is 0 Å². The third-order valence-corrected chi connectivity index (χ3v) is 7.56. The number of aromatic nitrogens is 1. The van der Waals surface area contributed by atoms with Gasteiger partial charge in [-0.25, -0.2) is 0 Å². The standard InChI is InChI=1S/C36H28BrN/c1-3-11-25(4-2)29-21-30(23-31(37)22-29)27-13-10-12-26(20-27)28-18-19-36-34(24-28)33-16-8-9-17-35(33)38(36)32-14-6-5-7-15-32/h3-24H,1-2H3/b11-3-,25-4+. The number of benzene rings is 5. The molecule has 1 nitrogen and oxygen atoms in total. The number of rotatable bonds is 5. The highest BCUT2D eigenvalue weighted by molar-refractivity contribution is 9.10. The van der Waals surface area contributed by atoms with Gasteiger partial charge in [-0.15, -0.1) is 0 Å². The van der Waals surface area contributed by atoms with E-state index in [-0.39, 0.29) is 0 Å². The minimum Gasteiger partial charge on any atom is -0.309 e. The number of para-hydroxylation sites is 2. The van der Waals surface area contributed by atoms with Gasteiger partial charge in [0.2, 0.25) is 0 Å². The lowest BCUT2D eigenvalue weighted by atomic mass is 9.95. The van der Waals surface area contributed by atoms with Crippen LogP contribution in [-0.2, 0) is 0 Å². The Labute approximate surface area is 232 Å². The lowest BCUT2D eigenvalue weighted by molar-refractivity contribution is 1.18. The molecule has 0 spiro atoms. The molecule has 6 aromatic rings. The van der Waals surface area contributed by atoms with Gasteiger partial charge >= 0.3 is 0 Å². The summed E-state index contributed by atoms with van der Waals surface area (Å²) in [6.45, 7) is 4.14. The zero-order valence-electron chi connectivity index (χ0n) is 21.5. The molecule has 38 heavy (non-hydrogen) atoms. The Morgan fingerprint density at radius 3 is 2.11 bits per heavy atom. The third-order valence-electron chi connectivity index (χ3n) is 7.10. The van der Waals surface area contributed by atoms with Crippen molar-refractivity contribution in [3.8, 4) is 27.9 Å². The van der Waals surface area contributed by atoms with Gasteiger partial charge in [0, 0.05) is 20.9 Å². The Bertz CT molecular complexity index is 1840. The van der Waals surface area contributed by atoms with E-state index in [9.17, 15) is 0 Å². The molecule has 0 aliphatic rings. The van der Waals surface area contributed by atoms with Gasteiger partial charge in [-0.05, 0) is 102 Å². The molecule has 0 aliphatic heterocycles. The molecular formula is C36H28BrN. The van der Waals surface area contributed by atoms with Gasteiger partial charge in [-0.2, -0.15) is 0 Å². The predicted octanol–water partition coefficient (Wildman–Crippen LogP) is 10.9. The van der Waals surface area contributed by atoms with E-state index in [0.29, 0.717) is 0 Å². The van der Waals surface area contributed by atoms with Crippen LogP contribution < -0.4 is 0 Å². The van der Waals surface area contributed by atoms with Crippen molar-refractivity contribution in [2.24, 2.45) is 0 Å². The first-order valence-electron chi connectivity index (χ1n) is 13.0. The smallest absolute Gasteiger partial charge is 0.0541 e. The second-order valence-electron chi connectivity index (χ2n) is 9.47. The molecule has 5 aromatic carbocycles. The fourth-order valence-corrected chi connectivity index (χ4v) is 5.84. The second-order valence-corrected chi connectivity index (χ2v) is 10.4. The van der Waals surface area contributed by atoms with E-state index in [2.05, 4.69) is 168 Å². The quantitative estimate of drug-likeness (QED) is 0.187. The first-order valence-corrected chi connectivity index (χ1v) is 13.7. The summed E-state index contributed by atoms with van der Waals surface area (Å²) in [5.74, 6) is 0. The highest BCUT2D eigenvalue weighted by atomic mass is 79.9. The van der Waals surface area contributed by atoms with Crippen molar-refractivity contribution < 1.29 is 0 Å². The van der Waals surface area contributed by atoms with Crippen LogP contribution >= 0.6 is 15.9 Å². The van der Waals surface area contributed by atoms with Gasteiger partial charge in [0.25, 0.3) is 0 Å². The van der Waals surface area contributed by atoms with Crippen molar-refractivity contribution in [2.75, 3.05) is 0 Å². The summed E-state index contributed by atoms with van der Waals surface area (Å²) in [4.78, 5) is 0. The van der Waals surface area contributed by atoms with E-state index in [0.717, 1.165) is 4.47 Å². The molecule has 1 heterocycles. The van der Waals surface area contributed by atoms with Crippen LogP contribution in [0.15, 0.2) is 138 Å². The van der Waals surface area contributed by atoms with E-state index < -0.39 is 0 Å². The fraction of sp³-hybridized carbons (Fsp3) is 0.0556. The lowest BCUT2D eigenvalue weighted by Gasteiger charge is -2.11. The lowest BCUT2D eigenvalue weighted by Crippen LogP contribution is -1.92. The van der Waals surface area contributed by atoms with E-state index in [1.807, 2.05) is 0 Å². The number of nitrogens with zero attached hydrogens (tertiary/aromatic N) is 1. The second kappa shape index (κ2) is 10.3. The molecule has 184 valence electrons. The Balaban J connectivity index is 1.48. The molecule has 6 rings (SSSR count). The zero-order valence-corrected chi connectivity index (χ0v) is 23.1. The van der Waals surface area contributed by atoms with Crippen LogP contribution in [0.25, 0.3) is 55.3 Å². The van der Waals surface area contributed by atoms with E-state index >= 15 is 0 Å². The normalized spacial score (nSPS) is 12.1. The Morgan fingerprint density at radius 1 is 0.605 bits per heavy atom. The summed E-state index contributed by atoms with van der Waals surface area (Å²) in [6.07, 6.45) is 6.40. The maximum absolute atomic E-state index is 3.74. The molecule has 0 radical (unpaired) electrons. The molecule has 0 fully saturated rings. The molecule has 0 saturated heterocycles. The average molecular weight is 555 g/mol. The Hall–Kier alpha value is -4.14. The van der Waals surface area contributed by atoms with E-state index in [1.165, 1.54) is 60.9 Å². The molecule has 0 atom stereocenters.